The van der Waals surface area contributed by atoms with Crippen LogP contribution in [0.25, 0.3) is 0 Å². The summed E-state index contributed by atoms with van der Waals surface area (Å²) in [6.07, 6.45) is 14.8. The first-order valence-corrected chi connectivity index (χ1v) is 6.80. The Morgan fingerprint density at radius 1 is 0.867 bits per heavy atom. The lowest BCUT2D eigenvalue weighted by molar-refractivity contribution is -0.112. The van der Waals surface area contributed by atoms with Gasteiger partial charge in [0.15, 0.2) is 0 Å². The van der Waals surface area contributed by atoms with Gasteiger partial charge in [-0.1, -0.05) is 58.3 Å². The Labute approximate surface area is 94.6 Å². The molecule has 0 bridgehead atoms. The van der Waals surface area contributed by atoms with Crippen LogP contribution in [0.5, 0.6) is 0 Å². The highest BCUT2D eigenvalue weighted by molar-refractivity contribution is 5.53. The monoisotopic (exact) mass is 210 g/mol. The molecule has 1 aliphatic carbocycles. The zero-order valence-corrected chi connectivity index (χ0v) is 10.2. The lowest BCUT2D eigenvalue weighted by Crippen LogP contribution is -2.13. The third-order valence-corrected chi connectivity index (χ3v) is 3.86. The molecule has 1 rings (SSSR count). The first kappa shape index (κ1) is 12.7. The largest absolute Gasteiger partial charge is 0.303 e. The van der Waals surface area contributed by atoms with Crippen LogP contribution in [0.15, 0.2) is 0 Å². The number of carbonyl (C=O) groups excluding carboxylic acids is 1. The summed E-state index contributed by atoms with van der Waals surface area (Å²) >= 11 is 0. The minimum absolute atomic E-state index is 0.283. The first-order valence-electron chi connectivity index (χ1n) is 6.80. The van der Waals surface area contributed by atoms with E-state index < -0.39 is 0 Å². The van der Waals surface area contributed by atoms with Crippen molar-refractivity contribution in [3.63, 3.8) is 0 Å². The highest BCUT2D eigenvalue weighted by Gasteiger charge is 2.16. The number of aldehydes is 1. The molecule has 0 aromatic heterocycles. The molecular weight excluding hydrogens is 184 g/mol. The van der Waals surface area contributed by atoms with Gasteiger partial charge in [0.05, 0.1) is 0 Å². The average Bonchev–Trinajstić information content (AvgIpc) is 2.32. The fourth-order valence-corrected chi connectivity index (χ4v) is 2.65. The molecule has 1 unspecified atom stereocenters. The predicted octanol–water partition coefficient (Wildman–Crippen LogP) is 4.35. The van der Waals surface area contributed by atoms with Crippen molar-refractivity contribution >= 4 is 6.29 Å². The van der Waals surface area contributed by atoms with E-state index in [1.165, 1.54) is 64.2 Å². The molecule has 0 amide bonds. The van der Waals surface area contributed by atoms with Crippen LogP contribution in [0.2, 0.25) is 0 Å². The van der Waals surface area contributed by atoms with Crippen LogP contribution >= 0.6 is 0 Å². The van der Waals surface area contributed by atoms with E-state index >= 15 is 0 Å². The zero-order valence-electron chi connectivity index (χ0n) is 10.2. The summed E-state index contributed by atoms with van der Waals surface area (Å²) < 4.78 is 0. The van der Waals surface area contributed by atoms with Crippen molar-refractivity contribution < 1.29 is 4.79 Å². The number of hydrogen-bond acceptors (Lipinski definition) is 1. The molecule has 1 heteroatoms. The minimum Gasteiger partial charge on any atom is -0.303 e. The maximum absolute atomic E-state index is 10.8. The van der Waals surface area contributed by atoms with E-state index in [0.29, 0.717) is 5.92 Å². The van der Waals surface area contributed by atoms with Crippen molar-refractivity contribution in [2.24, 2.45) is 11.8 Å². The molecule has 0 spiro atoms. The second-order valence-electron chi connectivity index (χ2n) is 5.16. The topological polar surface area (TPSA) is 17.1 Å². The molecule has 0 heterocycles. The zero-order chi connectivity index (χ0) is 10.9. The van der Waals surface area contributed by atoms with Crippen LogP contribution in [0.1, 0.15) is 71.1 Å². The molecular formula is C14H26O. The second kappa shape index (κ2) is 7.90. The molecule has 1 saturated carbocycles. The van der Waals surface area contributed by atoms with Gasteiger partial charge in [-0.05, 0) is 18.8 Å². The smallest absolute Gasteiger partial charge is 0.123 e. The molecule has 1 aliphatic rings. The van der Waals surface area contributed by atoms with Crippen molar-refractivity contribution in [1.82, 2.24) is 0 Å². The van der Waals surface area contributed by atoms with Gasteiger partial charge in [-0.25, -0.2) is 0 Å². The summed E-state index contributed by atoms with van der Waals surface area (Å²) in [4.78, 5) is 10.8. The lowest BCUT2D eigenvalue weighted by Gasteiger charge is -2.19. The SMILES string of the molecule is CC(C=O)C1CCCCCCCCCC1. The quantitative estimate of drug-likeness (QED) is 0.619. The maximum atomic E-state index is 10.8. The fraction of sp³-hybridized carbons (Fsp3) is 0.929. The van der Waals surface area contributed by atoms with Gasteiger partial charge >= 0.3 is 0 Å². The lowest BCUT2D eigenvalue weighted by atomic mass is 9.86. The molecule has 0 N–H and O–H groups in total. The minimum atomic E-state index is 0.283. The van der Waals surface area contributed by atoms with Crippen LogP contribution in [0.3, 0.4) is 0 Å². The Balaban J connectivity index is 2.34. The predicted molar refractivity (Wildman–Crippen MR) is 64.9 cm³/mol. The normalized spacial score (nSPS) is 24.1. The molecule has 0 aromatic rings. The summed E-state index contributed by atoms with van der Waals surface area (Å²) in [6.45, 7) is 2.09. The molecule has 0 radical (unpaired) electrons. The molecule has 1 nitrogen and oxygen atoms in total. The molecule has 0 aliphatic heterocycles. The van der Waals surface area contributed by atoms with Crippen LogP contribution in [-0.2, 0) is 4.79 Å². The van der Waals surface area contributed by atoms with E-state index in [0.717, 1.165) is 6.29 Å². The Bertz CT molecular complexity index is 153. The summed E-state index contributed by atoms with van der Waals surface area (Å²) in [5, 5.41) is 0. The Kier molecular flexibility index (Phi) is 6.71. The van der Waals surface area contributed by atoms with Gasteiger partial charge in [-0.3, -0.25) is 0 Å². The van der Waals surface area contributed by atoms with Crippen LogP contribution in [-0.4, -0.2) is 6.29 Å². The van der Waals surface area contributed by atoms with Crippen LogP contribution in [0.4, 0.5) is 0 Å². The molecule has 15 heavy (non-hydrogen) atoms. The molecule has 0 saturated heterocycles. The number of carbonyl (C=O) groups is 1. The highest BCUT2D eigenvalue weighted by atomic mass is 16.1. The van der Waals surface area contributed by atoms with E-state index in [1.807, 2.05) is 0 Å². The average molecular weight is 210 g/mol. The van der Waals surface area contributed by atoms with Gasteiger partial charge in [0.1, 0.15) is 6.29 Å². The van der Waals surface area contributed by atoms with Crippen molar-refractivity contribution in [2.75, 3.05) is 0 Å². The van der Waals surface area contributed by atoms with Gasteiger partial charge in [0.25, 0.3) is 0 Å². The van der Waals surface area contributed by atoms with E-state index in [4.69, 9.17) is 0 Å². The van der Waals surface area contributed by atoms with Crippen LogP contribution in [0, 0.1) is 11.8 Å². The molecule has 0 aromatic carbocycles. The Morgan fingerprint density at radius 3 is 1.67 bits per heavy atom. The molecule has 88 valence electrons. The summed E-state index contributed by atoms with van der Waals surface area (Å²) in [7, 11) is 0. The summed E-state index contributed by atoms with van der Waals surface area (Å²) in [5.41, 5.74) is 0. The van der Waals surface area contributed by atoms with Crippen molar-refractivity contribution in [3.8, 4) is 0 Å². The van der Waals surface area contributed by atoms with Gasteiger partial charge in [0, 0.05) is 5.92 Å². The van der Waals surface area contributed by atoms with E-state index in [9.17, 15) is 4.79 Å². The summed E-state index contributed by atoms with van der Waals surface area (Å²) in [5.74, 6) is 0.950. The first-order chi connectivity index (χ1) is 7.34. The van der Waals surface area contributed by atoms with Crippen molar-refractivity contribution in [3.05, 3.63) is 0 Å². The molecule has 1 fully saturated rings. The van der Waals surface area contributed by atoms with Gasteiger partial charge in [0.2, 0.25) is 0 Å². The second-order valence-corrected chi connectivity index (χ2v) is 5.16. The third kappa shape index (κ3) is 5.34. The fourth-order valence-electron chi connectivity index (χ4n) is 2.65. The van der Waals surface area contributed by atoms with E-state index in [2.05, 4.69) is 6.92 Å². The number of hydrogen-bond donors (Lipinski definition) is 0. The number of rotatable bonds is 2. The third-order valence-electron chi connectivity index (χ3n) is 3.86. The molecule has 1 atom stereocenters. The van der Waals surface area contributed by atoms with Crippen molar-refractivity contribution in [2.45, 2.75) is 71.1 Å². The van der Waals surface area contributed by atoms with E-state index in [1.54, 1.807) is 0 Å². The standard InChI is InChI=1S/C14H26O/c1-13(12-15)14-10-8-6-4-2-3-5-7-9-11-14/h12-14H,2-11H2,1H3. The van der Waals surface area contributed by atoms with E-state index in [-0.39, 0.29) is 5.92 Å². The highest BCUT2D eigenvalue weighted by Crippen LogP contribution is 2.25. The summed E-state index contributed by atoms with van der Waals surface area (Å²) in [6, 6.07) is 0. The van der Waals surface area contributed by atoms with Crippen LogP contribution < -0.4 is 0 Å². The van der Waals surface area contributed by atoms with Crippen molar-refractivity contribution in [1.29, 1.82) is 0 Å². The Morgan fingerprint density at radius 2 is 1.27 bits per heavy atom. The maximum Gasteiger partial charge on any atom is 0.123 e. The Hall–Kier alpha value is -0.330. The van der Waals surface area contributed by atoms with Gasteiger partial charge in [-0.2, -0.15) is 0 Å². The van der Waals surface area contributed by atoms with Gasteiger partial charge < -0.3 is 4.79 Å². The van der Waals surface area contributed by atoms with Gasteiger partial charge in [-0.15, -0.1) is 0 Å².